The van der Waals surface area contributed by atoms with E-state index in [1.165, 1.54) is 0 Å². The van der Waals surface area contributed by atoms with Crippen molar-refractivity contribution in [1.29, 1.82) is 0 Å². The first kappa shape index (κ1) is 36.0. The molecule has 0 radical (unpaired) electrons. The molecule has 0 saturated heterocycles. The minimum Gasteiger partial charge on any atom is -0.263 e. The summed E-state index contributed by atoms with van der Waals surface area (Å²) >= 11 is 5.32. The predicted octanol–water partition coefficient (Wildman–Crippen LogP) is 14.0. The SMILES string of the molecule is c1ccc(-c2ccccc2-c2cncc3c2sc2c(-c4cncc5c4sc4c(-c6cncc7c6sc6c(-c8ccccc8-c8ccccn8)cncc67)cncc45)cncc23)nc1. The first-order valence-electron chi connectivity index (χ1n) is 20.2. The molecule has 13 rings (SSSR count). The van der Waals surface area contributed by atoms with E-state index >= 15 is 0 Å². The molecule has 8 nitrogen and oxygen atoms in total. The average Bonchev–Trinajstić information content (AvgIpc) is 4.06. The maximum absolute atomic E-state index is 4.85. The third-order valence-corrected chi connectivity index (χ3v) is 15.6. The summed E-state index contributed by atoms with van der Waals surface area (Å²) in [6, 6.07) is 28.9. The number of fused-ring (bicyclic) bond motifs is 9. The summed E-state index contributed by atoms with van der Waals surface area (Å²) in [4.78, 5) is 38.3. The second-order valence-electron chi connectivity index (χ2n) is 15.2. The largest absolute Gasteiger partial charge is 0.263 e. The summed E-state index contributed by atoms with van der Waals surface area (Å²) in [5.74, 6) is 0. The van der Waals surface area contributed by atoms with Crippen LogP contribution in [0.3, 0.4) is 0 Å². The fourth-order valence-corrected chi connectivity index (χ4v) is 12.8. The molecule has 0 amide bonds. The molecule has 0 N–H and O–H groups in total. The van der Waals surface area contributed by atoms with Gasteiger partial charge in [-0.3, -0.25) is 39.9 Å². The first-order valence-corrected chi connectivity index (χ1v) is 22.7. The topological polar surface area (TPSA) is 103 Å². The van der Waals surface area contributed by atoms with Crippen LogP contribution in [0.5, 0.6) is 0 Å². The molecular weight excluding hydrogens is 833 g/mol. The molecule has 11 heterocycles. The molecule has 0 aliphatic carbocycles. The van der Waals surface area contributed by atoms with Gasteiger partial charge in [-0.2, -0.15) is 0 Å². The van der Waals surface area contributed by atoms with Crippen molar-refractivity contribution in [3.63, 3.8) is 0 Å². The minimum atomic E-state index is 0.924. The predicted molar refractivity (Wildman–Crippen MR) is 260 cm³/mol. The number of pyridine rings is 8. The number of hydrogen-bond acceptors (Lipinski definition) is 11. The lowest BCUT2D eigenvalue weighted by Gasteiger charge is -2.09. The van der Waals surface area contributed by atoms with E-state index in [1.54, 1.807) is 34.0 Å². The van der Waals surface area contributed by atoms with Crippen LogP contribution >= 0.6 is 34.0 Å². The lowest BCUT2D eigenvalue weighted by atomic mass is 9.97. The smallest absolute Gasteiger partial charge is 0.0708 e. The summed E-state index contributed by atoms with van der Waals surface area (Å²) in [5, 5.41) is 6.39. The van der Waals surface area contributed by atoms with E-state index in [-0.39, 0.29) is 0 Å². The standard InChI is InChI=1S/C52H28N8S3/c1-3-11-31(45-13-5-7-15-59-45)29(9-1)33-17-53-19-35-37-21-55-23-39(49(37)61-47(33)35)41-25-57-27-43-44-28-58-26-42(52(44)63-51(41)43)40-24-56-22-38-36-20-54-18-34(48(36)62-50(38)40)30-10-2-4-12-32(30)46-14-6-8-16-60-46/h1-28H. The minimum absolute atomic E-state index is 0.924. The van der Waals surface area contributed by atoms with E-state index < -0.39 is 0 Å². The van der Waals surface area contributed by atoms with Gasteiger partial charge in [-0.15, -0.1) is 34.0 Å². The summed E-state index contributed by atoms with van der Waals surface area (Å²) < 4.78 is 6.86. The van der Waals surface area contributed by atoms with Gasteiger partial charge in [0.2, 0.25) is 0 Å². The Balaban J connectivity index is 0.980. The van der Waals surface area contributed by atoms with Crippen LogP contribution in [0.1, 0.15) is 0 Å². The van der Waals surface area contributed by atoms with Crippen molar-refractivity contribution < 1.29 is 0 Å². The van der Waals surface area contributed by atoms with Gasteiger partial charge in [-0.1, -0.05) is 60.7 Å². The maximum atomic E-state index is 4.85. The fraction of sp³-hybridized carbons (Fsp3) is 0. The highest BCUT2D eigenvalue weighted by Crippen LogP contribution is 2.50. The monoisotopic (exact) mass is 860 g/mol. The molecule has 2 aromatic carbocycles. The highest BCUT2D eigenvalue weighted by molar-refractivity contribution is 7.28. The van der Waals surface area contributed by atoms with Gasteiger partial charge in [0.05, 0.1) is 11.4 Å². The molecular formula is C52H28N8S3. The highest BCUT2D eigenvalue weighted by atomic mass is 32.1. The third kappa shape index (κ3) is 5.64. The Morgan fingerprint density at radius 3 is 0.762 bits per heavy atom. The Morgan fingerprint density at radius 2 is 0.492 bits per heavy atom. The summed E-state index contributed by atoms with van der Waals surface area (Å²) in [7, 11) is 0. The van der Waals surface area contributed by atoms with Crippen LogP contribution in [0.4, 0.5) is 0 Å². The summed E-state index contributed by atoms with van der Waals surface area (Å²) in [5.41, 5.74) is 12.4. The van der Waals surface area contributed by atoms with E-state index in [1.807, 2.05) is 111 Å². The van der Waals surface area contributed by atoms with Gasteiger partial charge in [-0.05, 0) is 35.4 Å². The van der Waals surface area contributed by atoms with Crippen LogP contribution in [0.2, 0.25) is 0 Å². The normalized spacial score (nSPS) is 11.8. The van der Waals surface area contributed by atoms with Crippen molar-refractivity contribution >= 4 is 94.5 Å². The van der Waals surface area contributed by atoms with Gasteiger partial charge in [0.15, 0.2) is 0 Å². The second kappa shape index (κ2) is 14.5. The highest BCUT2D eigenvalue weighted by Gasteiger charge is 2.23. The Morgan fingerprint density at radius 1 is 0.238 bits per heavy atom. The van der Waals surface area contributed by atoms with Crippen LogP contribution in [-0.4, -0.2) is 39.9 Å². The van der Waals surface area contributed by atoms with Crippen LogP contribution in [0, 0.1) is 0 Å². The molecule has 0 fully saturated rings. The van der Waals surface area contributed by atoms with Crippen molar-refractivity contribution in [1.82, 2.24) is 39.9 Å². The van der Waals surface area contributed by atoms with E-state index in [4.69, 9.17) is 39.9 Å². The van der Waals surface area contributed by atoms with Crippen molar-refractivity contribution in [3.05, 3.63) is 172 Å². The molecule has 0 spiro atoms. The van der Waals surface area contributed by atoms with Gasteiger partial charge < -0.3 is 0 Å². The number of thiophene rings is 3. The van der Waals surface area contributed by atoms with E-state index in [0.29, 0.717) is 0 Å². The van der Waals surface area contributed by atoms with E-state index in [2.05, 4.69) is 60.7 Å². The van der Waals surface area contributed by atoms with Crippen LogP contribution < -0.4 is 0 Å². The van der Waals surface area contributed by atoms with Crippen molar-refractivity contribution in [2.75, 3.05) is 0 Å². The van der Waals surface area contributed by atoms with E-state index in [9.17, 15) is 0 Å². The average molecular weight is 861 g/mol. The molecule has 0 aliphatic rings. The molecule has 0 atom stereocenters. The zero-order chi connectivity index (χ0) is 41.4. The van der Waals surface area contributed by atoms with Crippen LogP contribution in [0.15, 0.2) is 172 Å². The maximum Gasteiger partial charge on any atom is 0.0708 e. The summed E-state index contributed by atoms with van der Waals surface area (Å²) in [6.07, 6.45) is 27.3. The number of rotatable bonds is 6. The third-order valence-electron chi connectivity index (χ3n) is 11.8. The van der Waals surface area contributed by atoms with E-state index in [0.717, 1.165) is 128 Å². The quantitative estimate of drug-likeness (QED) is 0.163. The number of nitrogens with zero attached hydrogens (tertiary/aromatic N) is 8. The zero-order valence-corrected chi connectivity index (χ0v) is 35.4. The molecule has 0 unspecified atom stereocenters. The van der Waals surface area contributed by atoms with Crippen molar-refractivity contribution in [2.45, 2.75) is 0 Å². The molecule has 13 aromatic rings. The Hall–Kier alpha value is -7.70. The second-order valence-corrected chi connectivity index (χ2v) is 18.3. The van der Waals surface area contributed by atoms with Gasteiger partial charge >= 0.3 is 0 Å². The Kier molecular flexibility index (Phi) is 8.26. The lowest BCUT2D eigenvalue weighted by Crippen LogP contribution is -1.88. The van der Waals surface area contributed by atoms with Crippen LogP contribution in [0.25, 0.3) is 128 Å². The molecule has 11 aromatic heterocycles. The van der Waals surface area contributed by atoms with Gasteiger partial charge in [0.25, 0.3) is 0 Å². The molecule has 0 aliphatic heterocycles. The fourth-order valence-electron chi connectivity index (χ4n) is 8.89. The first-order chi connectivity index (χ1) is 31.3. The van der Waals surface area contributed by atoms with Gasteiger partial charge in [0.1, 0.15) is 0 Å². The Labute approximate surface area is 371 Å². The Bertz CT molecular complexity index is 3680. The number of aromatic nitrogens is 8. The van der Waals surface area contributed by atoms with Gasteiger partial charge in [-0.25, -0.2) is 0 Å². The molecule has 0 bridgehead atoms. The molecule has 63 heavy (non-hydrogen) atoms. The molecule has 11 heteroatoms. The molecule has 0 saturated carbocycles. The van der Waals surface area contributed by atoms with Crippen LogP contribution in [-0.2, 0) is 0 Å². The van der Waals surface area contributed by atoms with Gasteiger partial charge in [0, 0.05) is 192 Å². The summed E-state index contributed by atoms with van der Waals surface area (Å²) in [6.45, 7) is 0. The zero-order valence-electron chi connectivity index (χ0n) is 33.0. The van der Waals surface area contributed by atoms with Crippen molar-refractivity contribution in [2.24, 2.45) is 0 Å². The molecule has 294 valence electrons. The number of hydrogen-bond donors (Lipinski definition) is 0. The number of benzene rings is 2. The lowest BCUT2D eigenvalue weighted by molar-refractivity contribution is 1.32. The van der Waals surface area contributed by atoms with Crippen molar-refractivity contribution in [3.8, 4) is 67.0 Å².